The van der Waals surface area contributed by atoms with Gasteiger partial charge in [-0.1, -0.05) is 13.3 Å². The molecule has 0 aliphatic heterocycles. The van der Waals surface area contributed by atoms with Gasteiger partial charge in [-0.05, 0) is 41.0 Å². The predicted octanol–water partition coefficient (Wildman–Crippen LogP) is 2.73. The monoisotopic (exact) mass is 242 g/mol. The highest BCUT2D eigenvalue weighted by Gasteiger charge is 1.97. The van der Waals surface area contributed by atoms with Crippen molar-refractivity contribution >= 4 is 15.9 Å². The Balaban J connectivity index is 2.32. The molecular weight excluding hydrogens is 228 g/mol. The van der Waals surface area contributed by atoms with Gasteiger partial charge in [0, 0.05) is 17.2 Å². The van der Waals surface area contributed by atoms with E-state index >= 15 is 0 Å². The van der Waals surface area contributed by atoms with Crippen LogP contribution in [-0.2, 0) is 6.54 Å². The molecule has 0 bridgehead atoms. The number of nitrogens with zero attached hydrogens (tertiary/aromatic N) is 1. The lowest BCUT2D eigenvalue weighted by Crippen LogP contribution is -2.15. The van der Waals surface area contributed by atoms with E-state index in [4.69, 9.17) is 0 Å². The summed E-state index contributed by atoms with van der Waals surface area (Å²) in [4.78, 5) is 4.27. The van der Waals surface area contributed by atoms with Gasteiger partial charge in [0.2, 0.25) is 0 Å². The Bertz CT molecular complexity index is 250. The van der Waals surface area contributed by atoms with Gasteiger partial charge in [0.05, 0.1) is 5.69 Å². The molecule has 2 nitrogen and oxygen atoms in total. The molecule has 13 heavy (non-hydrogen) atoms. The molecular formula is C10H15BrN2. The minimum atomic E-state index is 0.849. The summed E-state index contributed by atoms with van der Waals surface area (Å²) in [6.07, 6.45) is 4.28. The fraction of sp³-hybridized carbons (Fsp3) is 0.500. The van der Waals surface area contributed by atoms with Gasteiger partial charge in [-0.15, -0.1) is 0 Å². The SMILES string of the molecule is CCCCNCc1ncccc1Br. The minimum Gasteiger partial charge on any atom is -0.311 e. The first-order valence-corrected chi connectivity index (χ1v) is 5.44. The van der Waals surface area contributed by atoms with Crippen molar-refractivity contribution in [3.8, 4) is 0 Å². The molecule has 1 N–H and O–H groups in total. The summed E-state index contributed by atoms with van der Waals surface area (Å²) in [5, 5.41) is 3.35. The van der Waals surface area contributed by atoms with Crippen molar-refractivity contribution in [3.63, 3.8) is 0 Å². The average molecular weight is 243 g/mol. The molecule has 3 heteroatoms. The molecule has 0 atom stereocenters. The van der Waals surface area contributed by atoms with E-state index in [1.165, 1.54) is 12.8 Å². The van der Waals surface area contributed by atoms with E-state index in [2.05, 4.69) is 33.2 Å². The highest BCUT2D eigenvalue weighted by Crippen LogP contribution is 2.12. The number of hydrogen-bond donors (Lipinski definition) is 1. The normalized spacial score (nSPS) is 10.3. The molecule has 0 radical (unpaired) electrons. The van der Waals surface area contributed by atoms with Gasteiger partial charge in [-0.3, -0.25) is 4.98 Å². The second-order valence-electron chi connectivity index (χ2n) is 2.96. The van der Waals surface area contributed by atoms with Crippen molar-refractivity contribution in [2.45, 2.75) is 26.3 Å². The molecule has 0 aromatic carbocycles. The Kier molecular flexibility index (Phi) is 5.01. The van der Waals surface area contributed by atoms with E-state index in [1.807, 2.05) is 18.3 Å². The summed E-state index contributed by atoms with van der Waals surface area (Å²) in [6.45, 7) is 4.11. The van der Waals surface area contributed by atoms with Crippen LogP contribution in [0.2, 0.25) is 0 Å². The molecule has 0 amide bonds. The fourth-order valence-corrected chi connectivity index (χ4v) is 1.45. The summed E-state index contributed by atoms with van der Waals surface area (Å²) in [6, 6.07) is 3.95. The Morgan fingerprint density at radius 2 is 2.38 bits per heavy atom. The summed E-state index contributed by atoms with van der Waals surface area (Å²) in [5.74, 6) is 0. The first-order chi connectivity index (χ1) is 6.34. The third kappa shape index (κ3) is 3.87. The number of rotatable bonds is 5. The topological polar surface area (TPSA) is 24.9 Å². The lowest BCUT2D eigenvalue weighted by atomic mass is 10.3. The van der Waals surface area contributed by atoms with E-state index in [0.29, 0.717) is 0 Å². The molecule has 0 saturated heterocycles. The van der Waals surface area contributed by atoms with Crippen LogP contribution in [0.15, 0.2) is 22.8 Å². The van der Waals surface area contributed by atoms with Crippen LogP contribution in [-0.4, -0.2) is 11.5 Å². The first-order valence-electron chi connectivity index (χ1n) is 4.64. The van der Waals surface area contributed by atoms with Gasteiger partial charge in [0.15, 0.2) is 0 Å². The molecule has 1 aromatic heterocycles. The van der Waals surface area contributed by atoms with Gasteiger partial charge in [0.1, 0.15) is 0 Å². The maximum absolute atomic E-state index is 4.27. The van der Waals surface area contributed by atoms with Crippen LogP contribution in [0.4, 0.5) is 0 Å². The zero-order valence-electron chi connectivity index (χ0n) is 7.89. The van der Waals surface area contributed by atoms with Crippen LogP contribution in [0.3, 0.4) is 0 Å². The molecule has 0 aliphatic carbocycles. The average Bonchev–Trinajstić information content (AvgIpc) is 2.15. The Labute approximate surface area is 87.9 Å². The standard InChI is InChI=1S/C10H15BrN2/c1-2-3-6-12-8-10-9(11)5-4-7-13-10/h4-5,7,12H,2-3,6,8H2,1H3. The summed E-state index contributed by atoms with van der Waals surface area (Å²) >= 11 is 3.46. The van der Waals surface area contributed by atoms with Crippen molar-refractivity contribution in [2.24, 2.45) is 0 Å². The van der Waals surface area contributed by atoms with Crippen LogP contribution in [0.1, 0.15) is 25.5 Å². The second-order valence-corrected chi connectivity index (χ2v) is 3.82. The zero-order chi connectivity index (χ0) is 9.52. The van der Waals surface area contributed by atoms with E-state index in [9.17, 15) is 0 Å². The van der Waals surface area contributed by atoms with Gasteiger partial charge in [-0.25, -0.2) is 0 Å². The molecule has 1 heterocycles. The van der Waals surface area contributed by atoms with Crippen molar-refractivity contribution in [1.82, 2.24) is 10.3 Å². The number of halogens is 1. The van der Waals surface area contributed by atoms with Crippen molar-refractivity contribution in [1.29, 1.82) is 0 Å². The maximum atomic E-state index is 4.27. The highest BCUT2D eigenvalue weighted by molar-refractivity contribution is 9.10. The molecule has 1 rings (SSSR count). The van der Waals surface area contributed by atoms with Crippen LogP contribution in [0, 0.1) is 0 Å². The quantitative estimate of drug-likeness (QED) is 0.804. The van der Waals surface area contributed by atoms with Gasteiger partial charge < -0.3 is 5.32 Å². The summed E-state index contributed by atoms with van der Waals surface area (Å²) < 4.78 is 1.08. The fourth-order valence-electron chi connectivity index (χ4n) is 1.06. The summed E-state index contributed by atoms with van der Waals surface area (Å²) in [5.41, 5.74) is 1.08. The molecule has 0 saturated carbocycles. The lowest BCUT2D eigenvalue weighted by molar-refractivity contribution is 0.632. The van der Waals surface area contributed by atoms with Gasteiger partial charge in [0.25, 0.3) is 0 Å². The van der Waals surface area contributed by atoms with Crippen LogP contribution < -0.4 is 5.32 Å². The highest BCUT2D eigenvalue weighted by atomic mass is 79.9. The number of aromatic nitrogens is 1. The van der Waals surface area contributed by atoms with Crippen molar-refractivity contribution in [2.75, 3.05) is 6.54 Å². The second kappa shape index (κ2) is 6.11. The first kappa shape index (κ1) is 10.7. The van der Waals surface area contributed by atoms with Gasteiger partial charge in [-0.2, -0.15) is 0 Å². The summed E-state index contributed by atoms with van der Waals surface area (Å²) in [7, 11) is 0. The lowest BCUT2D eigenvalue weighted by Gasteiger charge is -2.04. The number of pyridine rings is 1. The third-order valence-electron chi connectivity index (χ3n) is 1.83. The molecule has 0 spiro atoms. The number of nitrogens with one attached hydrogen (secondary N) is 1. The largest absolute Gasteiger partial charge is 0.311 e. The Morgan fingerprint density at radius 3 is 3.08 bits per heavy atom. The smallest absolute Gasteiger partial charge is 0.0683 e. The molecule has 1 aromatic rings. The molecule has 72 valence electrons. The number of hydrogen-bond acceptors (Lipinski definition) is 2. The van der Waals surface area contributed by atoms with Crippen LogP contribution in [0.5, 0.6) is 0 Å². The van der Waals surface area contributed by atoms with E-state index in [1.54, 1.807) is 0 Å². The van der Waals surface area contributed by atoms with E-state index in [-0.39, 0.29) is 0 Å². The Hall–Kier alpha value is -0.410. The maximum Gasteiger partial charge on any atom is 0.0683 e. The molecule has 0 fully saturated rings. The van der Waals surface area contributed by atoms with E-state index in [0.717, 1.165) is 23.3 Å². The van der Waals surface area contributed by atoms with Crippen molar-refractivity contribution < 1.29 is 0 Å². The van der Waals surface area contributed by atoms with Crippen molar-refractivity contribution in [3.05, 3.63) is 28.5 Å². The van der Waals surface area contributed by atoms with Gasteiger partial charge >= 0.3 is 0 Å². The van der Waals surface area contributed by atoms with Crippen LogP contribution >= 0.6 is 15.9 Å². The number of unbranched alkanes of at least 4 members (excludes halogenated alkanes) is 1. The third-order valence-corrected chi connectivity index (χ3v) is 2.56. The molecule has 0 unspecified atom stereocenters. The van der Waals surface area contributed by atoms with E-state index < -0.39 is 0 Å². The Morgan fingerprint density at radius 1 is 1.54 bits per heavy atom. The van der Waals surface area contributed by atoms with Crippen LogP contribution in [0.25, 0.3) is 0 Å². The minimum absolute atomic E-state index is 0.849. The molecule has 0 aliphatic rings. The predicted molar refractivity (Wildman–Crippen MR) is 58.6 cm³/mol. The zero-order valence-corrected chi connectivity index (χ0v) is 9.47.